The maximum Gasteiger partial charge on any atom is 0.214 e. The van der Waals surface area contributed by atoms with Gasteiger partial charge in [0.05, 0.1) is 15.8 Å². The molecule has 0 aliphatic heterocycles. The summed E-state index contributed by atoms with van der Waals surface area (Å²) in [4.78, 5) is 5.38. The summed E-state index contributed by atoms with van der Waals surface area (Å²) < 4.78 is 26.2. The Morgan fingerprint density at radius 1 is 1.32 bits per heavy atom. The van der Waals surface area contributed by atoms with Gasteiger partial charge in [-0.1, -0.05) is 12.1 Å². The number of nitrogens with zero attached hydrogens (tertiary/aromatic N) is 1. The molecular formula is C13H16N2O2S2. The quantitative estimate of drug-likeness (QED) is 0.922. The first-order valence-electron chi connectivity index (χ1n) is 5.97. The fraction of sp³-hybridized carbons (Fsp3) is 0.308. The largest absolute Gasteiger partial charge is 0.255 e. The van der Waals surface area contributed by atoms with Gasteiger partial charge >= 0.3 is 0 Å². The van der Waals surface area contributed by atoms with E-state index in [1.807, 2.05) is 29.6 Å². The summed E-state index contributed by atoms with van der Waals surface area (Å²) in [6.45, 7) is 3.58. The van der Waals surface area contributed by atoms with Gasteiger partial charge in [-0.15, -0.1) is 11.3 Å². The van der Waals surface area contributed by atoms with Crippen LogP contribution < -0.4 is 4.72 Å². The summed E-state index contributed by atoms with van der Waals surface area (Å²) >= 11 is 1.59. The third-order valence-corrected chi connectivity index (χ3v) is 5.39. The highest BCUT2D eigenvalue weighted by atomic mass is 32.2. The van der Waals surface area contributed by atoms with Crippen molar-refractivity contribution >= 4 is 21.4 Å². The zero-order valence-electron chi connectivity index (χ0n) is 10.8. The molecule has 0 spiro atoms. The Balaban J connectivity index is 2.23. The van der Waals surface area contributed by atoms with Crippen LogP contribution in [-0.2, 0) is 16.6 Å². The number of hydrogen-bond acceptors (Lipinski definition) is 4. The Morgan fingerprint density at radius 3 is 2.74 bits per heavy atom. The molecule has 2 rings (SSSR count). The molecular weight excluding hydrogens is 280 g/mol. The van der Waals surface area contributed by atoms with Crippen LogP contribution in [0.5, 0.6) is 0 Å². The minimum atomic E-state index is -3.26. The molecule has 0 fully saturated rings. The van der Waals surface area contributed by atoms with E-state index in [1.165, 1.54) is 0 Å². The maximum absolute atomic E-state index is 11.8. The minimum absolute atomic E-state index is 0.265. The number of aromatic nitrogens is 1. The van der Waals surface area contributed by atoms with Crippen LogP contribution in [0.25, 0.3) is 10.6 Å². The molecule has 102 valence electrons. The van der Waals surface area contributed by atoms with Crippen molar-refractivity contribution in [3.8, 4) is 10.6 Å². The molecule has 0 aliphatic carbocycles. The Morgan fingerprint density at radius 2 is 2.11 bits per heavy atom. The van der Waals surface area contributed by atoms with Crippen LogP contribution in [0.3, 0.4) is 0 Å². The number of nitrogens with one attached hydrogen (secondary N) is 1. The molecule has 1 N–H and O–H groups in total. The molecule has 0 saturated heterocycles. The van der Waals surface area contributed by atoms with Crippen molar-refractivity contribution in [3.05, 3.63) is 41.4 Å². The van der Waals surface area contributed by atoms with Gasteiger partial charge in [-0.2, -0.15) is 0 Å². The van der Waals surface area contributed by atoms with E-state index in [0.29, 0.717) is 0 Å². The van der Waals surface area contributed by atoms with Crippen molar-refractivity contribution in [1.29, 1.82) is 0 Å². The zero-order valence-corrected chi connectivity index (χ0v) is 12.5. The van der Waals surface area contributed by atoms with Crippen LogP contribution in [0.15, 0.2) is 35.8 Å². The van der Waals surface area contributed by atoms with Crippen molar-refractivity contribution in [2.75, 3.05) is 0 Å². The molecule has 2 aromatic rings. The van der Waals surface area contributed by atoms with E-state index in [1.54, 1.807) is 31.4 Å². The average Bonchev–Trinajstić information content (AvgIpc) is 2.90. The van der Waals surface area contributed by atoms with Crippen LogP contribution in [0, 0.1) is 0 Å². The lowest BCUT2D eigenvalue weighted by atomic mass is 10.2. The van der Waals surface area contributed by atoms with Gasteiger partial charge in [-0.3, -0.25) is 4.98 Å². The second-order valence-electron chi connectivity index (χ2n) is 4.40. The summed E-state index contributed by atoms with van der Waals surface area (Å²) in [6.07, 6.45) is 1.72. The molecule has 0 saturated carbocycles. The van der Waals surface area contributed by atoms with Gasteiger partial charge in [0.25, 0.3) is 0 Å². The minimum Gasteiger partial charge on any atom is -0.255 e. The second-order valence-corrected chi connectivity index (χ2v) is 7.67. The maximum atomic E-state index is 11.8. The van der Waals surface area contributed by atoms with E-state index in [-0.39, 0.29) is 6.54 Å². The molecule has 0 unspecified atom stereocenters. The number of pyridine rings is 1. The molecule has 0 atom stereocenters. The molecule has 2 heterocycles. The summed E-state index contributed by atoms with van der Waals surface area (Å²) in [5.41, 5.74) is 1.72. The summed E-state index contributed by atoms with van der Waals surface area (Å²) in [6, 6.07) is 7.64. The Labute approximate surface area is 117 Å². The third kappa shape index (κ3) is 3.40. The second kappa shape index (κ2) is 5.81. The Hall–Kier alpha value is -1.24. The average molecular weight is 296 g/mol. The van der Waals surface area contributed by atoms with Crippen molar-refractivity contribution in [3.63, 3.8) is 0 Å². The normalized spacial score (nSPS) is 11.9. The van der Waals surface area contributed by atoms with Crippen molar-refractivity contribution < 1.29 is 8.42 Å². The smallest absolute Gasteiger partial charge is 0.214 e. The van der Waals surface area contributed by atoms with E-state index in [2.05, 4.69) is 9.71 Å². The van der Waals surface area contributed by atoms with Gasteiger partial charge in [0.15, 0.2) is 0 Å². The van der Waals surface area contributed by atoms with Crippen LogP contribution in [0.2, 0.25) is 0 Å². The SMILES string of the molecule is CC(C)S(=O)(=O)NCc1cccnc1-c1cccs1. The van der Waals surface area contributed by atoms with Gasteiger partial charge in [-0.05, 0) is 36.9 Å². The van der Waals surface area contributed by atoms with E-state index < -0.39 is 15.3 Å². The molecule has 19 heavy (non-hydrogen) atoms. The van der Waals surface area contributed by atoms with Gasteiger partial charge in [0.1, 0.15) is 0 Å². The monoisotopic (exact) mass is 296 g/mol. The van der Waals surface area contributed by atoms with E-state index in [0.717, 1.165) is 16.1 Å². The van der Waals surface area contributed by atoms with Crippen LogP contribution in [0.1, 0.15) is 19.4 Å². The summed E-state index contributed by atoms with van der Waals surface area (Å²) in [5.74, 6) is 0. The fourth-order valence-corrected chi connectivity index (χ4v) is 3.01. The van der Waals surface area contributed by atoms with Gasteiger partial charge < -0.3 is 0 Å². The summed E-state index contributed by atoms with van der Waals surface area (Å²) in [5, 5.41) is 1.54. The zero-order chi connectivity index (χ0) is 13.9. The lowest BCUT2D eigenvalue weighted by molar-refractivity contribution is 0.572. The highest BCUT2D eigenvalue weighted by Gasteiger charge is 2.16. The van der Waals surface area contributed by atoms with Gasteiger partial charge in [0, 0.05) is 12.7 Å². The predicted octanol–water partition coefficient (Wildman–Crippen LogP) is 2.64. The standard InChI is InChI=1S/C13H16N2O2S2/c1-10(2)19(16,17)15-9-11-5-3-7-14-13(11)12-6-4-8-18-12/h3-8,10,15H,9H2,1-2H3. The first-order valence-corrected chi connectivity index (χ1v) is 8.39. The molecule has 0 amide bonds. The highest BCUT2D eigenvalue weighted by molar-refractivity contribution is 7.90. The molecule has 4 nitrogen and oxygen atoms in total. The van der Waals surface area contributed by atoms with E-state index in [9.17, 15) is 8.42 Å². The number of sulfonamides is 1. The van der Waals surface area contributed by atoms with Crippen molar-refractivity contribution in [2.24, 2.45) is 0 Å². The Kier molecular flexibility index (Phi) is 4.34. The van der Waals surface area contributed by atoms with Crippen molar-refractivity contribution in [2.45, 2.75) is 25.6 Å². The number of hydrogen-bond donors (Lipinski definition) is 1. The Bertz CT molecular complexity index is 634. The molecule has 6 heteroatoms. The van der Waals surface area contributed by atoms with Gasteiger partial charge in [-0.25, -0.2) is 13.1 Å². The predicted molar refractivity (Wildman–Crippen MR) is 78.4 cm³/mol. The number of rotatable bonds is 5. The molecule has 0 radical (unpaired) electrons. The van der Waals surface area contributed by atoms with Crippen LogP contribution in [0.4, 0.5) is 0 Å². The first-order chi connectivity index (χ1) is 9.00. The van der Waals surface area contributed by atoms with Crippen LogP contribution in [-0.4, -0.2) is 18.7 Å². The lowest BCUT2D eigenvalue weighted by Gasteiger charge is -2.11. The molecule has 0 aliphatic rings. The van der Waals surface area contributed by atoms with Crippen molar-refractivity contribution in [1.82, 2.24) is 9.71 Å². The molecule has 0 aromatic carbocycles. The topological polar surface area (TPSA) is 59.1 Å². The fourth-order valence-electron chi connectivity index (χ4n) is 1.56. The lowest BCUT2D eigenvalue weighted by Crippen LogP contribution is -2.30. The van der Waals surface area contributed by atoms with E-state index in [4.69, 9.17) is 0 Å². The molecule has 0 bridgehead atoms. The first kappa shape index (κ1) is 14.2. The van der Waals surface area contributed by atoms with Gasteiger partial charge in [0.2, 0.25) is 10.0 Å². The van der Waals surface area contributed by atoms with Crippen LogP contribution >= 0.6 is 11.3 Å². The highest BCUT2D eigenvalue weighted by Crippen LogP contribution is 2.25. The third-order valence-electron chi connectivity index (χ3n) is 2.73. The molecule has 2 aromatic heterocycles. The number of thiophene rings is 1. The van der Waals surface area contributed by atoms with E-state index >= 15 is 0 Å². The summed E-state index contributed by atoms with van der Waals surface area (Å²) in [7, 11) is -3.26.